The van der Waals surface area contributed by atoms with E-state index in [-0.39, 0.29) is 5.91 Å². The van der Waals surface area contributed by atoms with Gasteiger partial charge in [-0.05, 0) is 31.2 Å². The number of thioether (sulfide) groups is 1. The quantitative estimate of drug-likeness (QED) is 0.517. The van der Waals surface area contributed by atoms with E-state index in [0.29, 0.717) is 18.7 Å². The van der Waals surface area contributed by atoms with Crippen LogP contribution in [0.4, 0.5) is 0 Å². The highest BCUT2D eigenvalue weighted by atomic mass is 32.2. The van der Waals surface area contributed by atoms with Crippen LogP contribution in [-0.2, 0) is 17.6 Å². The summed E-state index contributed by atoms with van der Waals surface area (Å²) in [6.07, 6.45) is 6.61. The third kappa shape index (κ3) is 3.23. The second kappa shape index (κ2) is 7.07. The Labute approximate surface area is 137 Å². The predicted molar refractivity (Wildman–Crippen MR) is 88.0 cm³/mol. The van der Waals surface area contributed by atoms with Gasteiger partial charge < -0.3 is 5.32 Å². The molecule has 0 fully saturated rings. The molecule has 2 heterocycles. The molecule has 5 nitrogen and oxygen atoms in total. The van der Waals surface area contributed by atoms with Crippen molar-refractivity contribution in [1.29, 1.82) is 5.26 Å². The van der Waals surface area contributed by atoms with Crippen molar-refractivity contribution in [2.45, 2.75) is 37.1 Å². The Morgan fingerprint density at radius 2 is 2.27 bits per heavy atom. The molecular weight excluding hydrogens is 316 g/mol. The molecule has 0 bridgehead atoms. The minimum Gasteiger partial charge on any atom is -0.354 e. The molecule has 0 spiro atoms. The summed E-state index contributed by atoms with van der Waals surface area (Å²) in [6, 6.07) is 2.01. The van der Waals surface area contributed by atoms with Crippen LogP contribution in [0.1, 0.15) is 29.7 Å². The number of nitrogens with one attached hydrogen (secondary N) is 1. The second-order valence-corrected chi connectivity index (χ2v) is 7.16. The van der Waals surface area contributed by atoms with E-state index in [1.54, 1.807) is 17.7 Å². The van der Waals surface area contributed by atoms with Crippen molar-refractivity contribution in [3.05, 3.63) is 16.8 Å². The zero-order valence-electron chi connectivity index (χ0n) is 12.1. The van der Waals surface area contributed by atoms with Crippen molar-refractivity contribution in [3.63, 3.8) is 0 Å². The molecule has 0 aromatic carbocycles. The summed E-state index contributed by atoms with van der Waals surface area (Å²) >= 11 is 3.22. The molecule has 1 aliphatic rings. The smallest absolute Gasteiger partial charge is 0.230 e. The van der Waals surface area contributed by atoms with E-state index in [1.807, 2.05) is 6.07 Å². The summed E-state index contributed by atoms with van der Waals surface area (Å²) in [5.41, 5.74) is 1.39. The van der Waals surface area contributed by atoms with Gasteiger partial charge in [-0.3, -0.25) is 4.79 Å². The van der Waals surface area contributed by atoms with Crippen LogP contribution in [0.2, 0.25) is 0 Å². The Morgan fingerprint density at radius 1 is 1.41 bits per heavy atom. The molecule has 1 aliphatic carbocycles. The largest absolute Gasteiger partial charge is 0.354 e. The number of amides is 1. The number of hydrogen-bond acceptors (Lipinski definition) is 6. The fourth-order valence-corrected chi connectivity index (χ4v) is 4.76. The lowest BCUT2D eigenvalue weighted by Crippen LogP contribution is -2.25. The summed E-state index contributed by atoms with van der Waals surface area (Å²) in [6.45, 7) is 0.406. The van der Waals surface area contributed by atoms with Gasteiger partial charge in [-0.2, -0.15) is 5.26 Å². The number of aromatic nitrogens is 2. The maximum absolute atomic E-state index is 11.8. The highest BCUT2D eigenvalue weighted by Gasteiger charge is 2.20. The van der Waals surface area contributed by atoms with Crippen molar-refractivity contribution >= 4 is 39.2 Å². The fourth-order valence-electron chi connectivity index (χ4n) is 2.61. The number of carbonyl (C=O) groups is 1. The molecule has 0 radical (unpaired) electrons. The number of rotatable bonds is 5. The number of fused-ring (bicyclic) bond motifs is 3. The van der Waals surface area contributed by atoms with Gasteiger partial charge in [0.25, 0.3) is 0 Å². The molecule has 2 aromatic rings. The Kier molecular flexibility index (Phi) is 4.90. The van der Waals surface area contributed by atoms with Crippen LogP contribution >= 0.6 is 23.1 Å². The lowest BCUT2D eigenvalue weighted by Gasteiger charge is -2.11. The average Bonchev–Trinajstić information content (AvgIpc) is 2.92. The Bertz CT molecular complexity index is 735. The minimum absolute atomic E-state index is 0.0592. The summed E-state index contributed by atoms with van der Waals surface area (Å²) in [7, 11) is 0. The normalized spacial score (nSPS) is 13.6. The topological polar surface area (TPSA) is 78.7 Å². The fraction of sp³-hybridized carbons (Fsp3) is 0.467. The van der Waals surface area contributed by atoms with Crippen LogP contribution in [0.25, 0.3) is 10.2 Å². The highest BCUT2D eigenvalue weighted by Crippen LogP contribution is 2.39. The highest BCUT2D eigenvalue weighted by molar-refractivity contribution is 8.00. The summed E-state index contributed by atoms with van der Waals surface area (Å²) in [5, 5.41) is 13.3. The van der Waals surface area contributed by atoms with Crippen LogP contribution in [0.5, 0.6) is 0 Å². The van der Waals surface area contributed by atoms with Gasteiger partial charge in [-0.25, -0.2) is 9.97 Å². The van der Waals surface area contributed by atoms with E-state index in [2.05, 4.69) is 15.3 Å². The Morgan fingerprint density at radius 3 is 3.14 bits per heavy atom. The van der Waals surface area contributed by atoms with Crippen LogP contribution in [0.3, 0.4) is 0 Å². The van der Waals surface area contributed by atoms with Gasteiger partial charge in [0.1, 0.15) is 16.2 Å². The van der Waals surface area contributed by atoms with Crippen molar-refractivity contribution in [2.24, 2.45) is 0 Å². The first kappa shape index (κ1) is 15.3. The van der Waals surface area contributed by atoms with Crippen molar-refractivity contribution in [2.75, 3.05) is 12.3 Å². The molecular formula is C15H16N4OS2. The van der Waals surface area contributed by atoms with Crippen LogP contribution in [-0.4, -0.2) is 28.2 Å². The van der Waals surface area contributed by atoms with Crippen LogP contribution < -0.4 is 5.32 Å². The van der Waals surface area contributed by atoms with Crippen LogP contribution in [0, 0.1) is 11.3 Å². The summed E-state index contributed by atoms with van der Waals surface area (Å²) < 4.78 is 0. The maximum atomic E-state index is 11.8. The van der Waals surface area contributed by atoms with Crippen molar-refractivity contribution < 1.29 is 4.79 Å². The molecule has 0 unspecified atom stereocenters. The zero-order chi connectivity index (χ0) is 15.4. The standard InChI is InChI=1S/C15H16N4OS2/c16-6-3-7-17-12(20)8-21-14-13-10-4-1-2-5-11(10)22-15(13)19-9-18-14/h9H,1-5,7-8H2,(H,17,20). The number of nitriles is 1. The first-order chi connectivity index (χ1) is 10.8. The number of carbonyl (C=O) groups excluding carboxylic acids is 1. The molecule has 7 heteroatoms. The first-order valence-electron chi connectivity index (χ1n) is 7.31. The lowest BCUT2D eigenvalue weighted by atomic mass is 9.97. The van der Waals surface area contributed by atoms with Crippen molar-refractivity contribution in [3.8, 4) is 6.07 Å². The van der Waals surface area contributed by atoms with Gasteiger partial charge in [0, 0.05) is 16.8 Å². The SMILES string of the molecule is N#CCCNC(=O)CSc1ncnc2sc3c(c12)CCCC3. The molecule has 22 heavy (non-hydrogen) atoms. The van der Waals surface area contributed by atoms with Gasteiger partial charge in [-0.15, -0.1) is 11.3 Å². The predicted octanol–water partition coefficient (Wildman–Crippen LogP) is 2.69. The van der Waals surface area contributed by atoms with E-state index in [1.165, 1.54) is 35.0 Å². The molecule has 0 saturated carbocycles. The van der Waals surface area contributed by atoms with Crippen molar-refractivity contribution in [1.82, 2.24) is 15.3 Å². The molecule has 0 saturated heterocycles. The Balaban J connectivity index is 1.75. The summed E-state index contributed by atoms with van der Waals surface area (Å²) in [4.78, 5) is 23.0. The minimum atomic E-state index is -0.0592. The van der Waals surface area contributed by atoms with E-state index in [9.17, 15) is 4.79 Å². The average molecular weight is 332 g/mol. The van der Waals surface area contributed by atoms with E-state index in [4.69, 9.17) is 5.26 Å². The number of nitrogens with zero attached hydrogens (tertiary/aromatic N) is 3. The third-order valence-electron chi connectivity index (χ3n) is 3.62. The lowest BCUT2D eigenvalue weighted by molar-refractivity contribution is -0.118. The van der Waals surface area contributed by atoms with E-state index >= 15 is 0 Å². The van der Waals surface area contributed by atoms with Gasteiger partial charge in [0.15, 0.2) is 0 Å². The molecule has 0 aliphatic heterocycles. The monoisotopic (exact) mass is 332 g/mol. The number of aryl methyl sites for hydroxylation is 2. The van der Waals surface area contributed by atoms with E-state index < -0.39 is 0 Å². The number of thiophene rings is 1. The second-order valence-electron chi connectivity index (χ2n) is 5.12. The van der Waals surface area contributed by atoms with Crippen LogP contribution in [0.15, 0.2) is 11.4 Å². The maximum Gasteiger partial charge on any atom is 0.230 e. The third-order valence-corrected chi connectivity index (χ3v) is 5.80. The molecule has 2 aromatic heterocycles. The molecule has 1 amide bonds. The molecule has 1 N–H and O–H groups in total. The molecule has 3 rings (SSSR count). The van der Waals surface area contributed by atoms with Gasteiger partial charge in [-0.1, -0.05) is 11.8 Å². The molecule has 0 atom stereocenters. The summed E-state index contributed by atoms with van der Waals surface area (Å²) in [5.74, 6) is 0.262. The van der Waals surface area contributed by atoms with Gasteiger partial charge in [0.2, 0.25) is 5.91 Å². The first-order valence-corrected chi connectivity index (χ1v) is 9.11. The molecule has 114 valence electrons. The Hall–Kier alpha value is -1.65. The number of hydrogen-bond donors (Lipinski definition) is 1. The zero-order valence-corrected chi connectivity index (χ0v) is 13.7. The van der Waals surface area contributed by atoms with E-state index in [0.717, 1.165) is 28.1 Å². The van der Waals surface area contributed by atoms with Gasteiger partial charge in [0.05, 0.1) is 18.2 Å². The van der Waals surface area contributed by atoms with Gasteiger partial charge >= 0.3 is 0 Å².